The van der Waals surface area contributed by atoms with Crippen LogP contribution in [-0.2, 0) is 6.54 Å². The Kier molecular flexibility index (Phi) is 4.71. The minimum atomic E-state index is 0.0960. The molecule has 142 valence electrons. The first kappa shape index (κ1) is 17.6. The van der Waals surface area contributed by atoms with E-state index in [2.05, 4.69) is 58.4 Å². The second-order valence-corrected chi connectivity index (χ2v) is 8.58. The zero-order valence-electron chi connectivity index (χ0n) is 15.7. The quantitative estimate of drug-likeness (QED) is 0.676. The van der Waals surface area contributed by atoms with Crippen LogP contribution >= 0.6 is 11.3 Å². The van der Waals surface area contributed by atoms with Gasteiger partial charge in [0.25, 0.3) is 5.91 Å². The lowest BCUT2D eigenvalue weighted by molar-refractivity contribution is 0.0768. The van der Waals surface area contributed by atoms with Crippen LogP contribution in [0, 0.1) is 11.8 Å². The molecule has 2 saturated heterocycles. The second kappa shape index (κ2) is 7.49. The van der Waals surface area contributed by atoms with Gasteiger partial charge in [-0.05, 0) is 28.5 Å². The molecule has 2 aliphatic rings. The number of hydrogen-bond acceptors (Lipinski definition) is 4. The van der Waals surface area contributed by atoms with E-state index in [4.69, 9.17) is 0 Å². The van der Waals surface area contributed by atoms with Crippen LogP contribution in [0.25, 0.3) is 11.1 Å². The van der Waals surface area contributed by atoms with Gasteiger partial charge in [-0.15, -0.1) is 11.3 Å². The summed E-state index contributed by atoms with van der Waals surface area (Å²) in [5.41, 5.74) is 6.21. The Morgan fingerprint density at radius 3 is 2.25 bits per heavy atom. The maximum absolute atomic E-state index is 12.5. The number of likely N-dealkylation sites (tertiary alicyclic amines) is 2. The Morgan fingerprint density at radius 1 is 0.929 bits per heavy atom. The molecule has 1 amide bonds. The number of hydrogen-bond donors (Lipinski definition) is 0. The molecule has 2 fully saturated rings. The number of carbonyl (C=O) groups excluding carboxylic acids is 1. The van der Waals surface area contributed by atoms with Crippen molar-refractivity contribution >= 4 is 17.2 Å². The highest BCUT2D eigenvalue weighted by atomic mass is 32.1. The van der Waals surface area contributed by atoms with Crippen LogP contribution in [0.3, 0.4) is 0 Å². The van der Waals surface area contributed by atoms with E-state index in [1.165, 1.54) is 28.0 Å². The minimum absolute atomic E-state index is 0.0960. The first-order chi connectivity index (χ1) is 13.8. The number of fused-ring (bicyclic) bond motifs is 1. The molecule has 28 heavy (non-hydrogen) atoms. The third-order valence-electron chi connectivity index (χ3n) is 5.97. The van der Waals surface area contributed by atoms with E-state index in [1.54, 1.807) is 5.51 Å². The van der Waals surface area contributed by atoms with Crippen LogP contribution in [0.2, 0.25) is 0 Å². The van der Waals surface area contributed by atoms with E-state index in [-0.39, 0.29) is 5.91 Å². The van der Waals surface area contributed by atoms with E-state index < -0.39 is 0 Å². The lowest BCUT2D eigenvalue weighted by Gasteiger charge is -2.21. The summed E-state index contributed by atoms with van der Waals surface area (Å²) in [5, 5.41) is 1.85. The Labute approximate surface area is 169 Å². The lowest BCUT2D eigenvalue weighted by Crippen LogP contribution is -2.33. The number of amides is 1. The van der Waals surface area contributed by atoms with Gasteiger partial charge in [0.2, 0.25) is 0 Å². The van der Waals surface area contributed by atoms with Gasteiger partial charge in [-0.3, -0.25) is 9.69 Å². The van der Waals surface area contributed by atoms with Gasteiger partial charge < -0.3 is 4.90 Å². The van der Waals surface area contributed by atoms with Crippen molar-refractivity contribution in [3.8, 4) is 11.1 Å². The molecule has 2 atom stereocenters. The van der Waals surface area contributed by atoms with Crippen LogP contribution in [0.5, 0.6) is 0 Å². The Morgan fingerprint density at radius 2 is 1.61 bits per heavy atom. The molecule has 2 aromatic carbocycles. The van der Waals surface area contributed by atoms with Crippen molar-refractivity contribution in [2.75, 3.05) is 26.2 Å². The molecular weight excluding hydrogens is 366 g/mol. The predicted molar refractivity (Wildman–Crippen MR) is 112 cm³/mol. The number of rotatable bonds is 4. The smallest absolute Gasteiger partial charge is 0.273 e. The van der Waals surface area contributed by atoms with Crippen molar-refractivity contribution in [3.63, 3.8) is 0 Å². The van der Waals surface area contributed by atoms with E-state index in [0.29, 0.717) is 17.5 Å². The molecule has 2 unspecified atom stereocenters. The highest BCUT2D eigenvalue weighted by Gasteiger charge is 2.41. The average Bonchev–Trinajstić information content (AvgIpc) is 3.45. The third kappa shape index (κ3) is 3.48. The number of benzene rings is 2. The molecular formula is C23H23N3OS. The Hall–Kier alpha value is -2.50. The van der Waals surface area contributed by atoms with Gasteiger partial charge in [0.15, 0.2) is 0 Å². The molecule has 0 bridgehead atoms. The van der Waals surface area contributed by atoms with Gasteiger partial charge in [-0.1, -0.05) is 54.6 Å². The molecule has 5 heteroatoms. The number of thiazole rings is 1. The standard InChI is InChI=1S/C23H23N3OS/c27-23(22-15-28-16-24-22)26-13-20-11-25(12-21(20)14-26)10-17-6-8-19(9-7-17)18-4-2-1-3-5-18/h1-9,15-16,20-21H,10-14H2. The number of nitrogens with zero attached hydrogens (tertiary/aromatic N) is 3. The van der Waals surface area contributed by atoms with Crippen LogP contribution in [0.15, 0.2) is 65.5 Å². The summed E-state index contributed by atoms with van der Waals surface area (Å²) in [6.45, 7) is 4.87. The summed E-state index contributed by atoms with van der Waals surface area (Å²) >= 11 is 1.48. The summed E-state index contributed by atoms with van der Waals surface area (Å²) in [4.78, 5) is 21.2. The van der Waals surface area contributed by atoms with E-state index >= 15 is 0 Å². The topological polar surface area (TPSA) is 36.4 Å². The van der Waals surface area contributed by atoms with Gasteiger partial charge in [-0.25, -0.2) is 4.98 Å². The van der Waals surface area contributed by atoms with Crippen LogP contribution in [-0.4, -0.2) is 46.9 Å². The maximum Gasteiger partial charge on any atom is 0.273 e. The highest BCUT2D eigenvalue weighted by molar-refractivity contribution is 7.07. The first-order valence-corrected chi connectivity index (χ1v) is 10.7. The molecule has 0 radical (unpaired) electrons. The summed E-state index contributed by atoms with van der Waals surface area (Å²) in [5.74, 6) is 1.27. The number of aromatic nitrogens is 1. The fourth-order valence-corrected chi connectivity index (χ4v) is 5.08. The summed E-state index contributed by atoms with van der Waals surface area (Å²) in [6, 6.07) is 19.4. The number of carbonyl (C=O) groups is 1. The maximum atomic E-state index is 12.5. The zero-order chi connectivity index (χ0) is 18.9. The van der Waals surface area contributed by atoms with Gasteiger partial charge in [-0.2, -0.15) is 0 Å². The van der Waals surface area contributed by atoms with Crippen molar-refractivity contribution < 1.29 is 4.79 Å². The molecule has 0 spiro atoms. The van der Waals surface area contributed by atoms with E-state index in [0.717, 1.165) is 32.7 Å². The Balaban J connectivity index is 1.18. The monoisotopic (exact) mass is 389 g/mol. The van der Waals surface area contributed by atoms with Crippen LogP contribution in [0.4, 0.5) is 0 Å². The zero-order valence-corrected chi connectivity index (χ0v) is 16.5. The van der Waals surface area contributed by atoms with Crippen molar-refractivity contribution in [1.29, 1.82) is 0 Å². The molecule has 5 rings (SSSR count). The van der Waals surface area contributed by atoms with Crippen molar-refractivity contribution in [1.82, 2.24) is 14.8 Å². The minimum Gasteiger partial charge on any atom is -0.337 e. The van der Waals surface area contributed by atoms with E-state index in [1.807, 2.05) is 16.3 Å². The van der Waals surface area contributed by atoms with Gasteiger partial charge in [0.1, 0.15) is 5.69 Å². The molecule has 0 aliphatic carbocycles. The molecule has 2 aliphatic heterocycles. The molecule has 0 N–H and O–H groups in total. The first-order valence-electron chi connectivity index (χ1n) is 9.80. The molecule has 4 nitrogen and oxygen atoms in total. The fraction of sp³-hybridized carbons (Fsp3) is 0.304. The Bertz CT molecular complexity index is 926. The van der Waals surface area contributed by atoms with E-state index in [9.17, 15) is 4.79 Å². The van der Waals surface area contributed by atoms with Crippen LogP contribution in [0.1, 0.15) is 16.1 Å². The van der Waals surface area contributed by atoms with Crippen LogP contribution < -0.4 is 0 Å². The fourth-order valence-electron chi connectivity index (χ4n) is 4.56. The summed E-state index contributed by atoms with van der Waals surface area (Å²) in [6.07, 6.45) is 0. The average molecular weight is 390 g/mol. The normalized spacial score (nSPS) is 21.8. The molecule has 0 saturated carbocycles. The van der Waals surface area contributed by atoms with Crippen molar-refractivity contribution in [2.24, 2.45) is 11.8 Å². The molecule has 3 aromatic rings. The highest BCUT2D eigenvalue weighted by Crippen LogP contribution is 2.33. The lowest BCUT2D eigenvalue weighted by atomic mass is 10.0. The molecule has 3 heterocycles. The second-order valence-electron chi connectivity index (χ2n) is 7.86. The van der Waals surface area contributed by atoms with Gasteiger partial charge in [0, 0.05) is 38.1 Å². The van der Waals surface area contributed by atoms with Gasteiger partial charge >= 0.3 is 0 Å². The SMILES string of the molecule is O=C(c1cscn1)N1CC2CN(Cc3ccc(-c4ccccc4)cc3)CC2C1. The predicted octanol–water partition coefficient (Wildman–Crippen LogP) is 4.01. The largest absolute Gasteiger partial charge is 0.337 e. The summed E-state index contributed by atoms with van der Waals surface area (Å²) in [7, 11) is 0. The third-order valence-corrected chi connectivity index (χ3v) is 6.55. The summed E-state index contributed by atoms with van der Waals surface area (Å²) < 4.78 is 0. The van der Waals surface area contributed by atoms with Crippen molar-refractivity contribution in [3.05, 3.63) is 76.7 Å². The molecule has 1 aromatic heterocycles. The van der Waals surface area contributed by atoms with Gasteiger partial charge in [0.05, 0.1) is 5.51 Å². The van der Waals surface area contributed by atoms with Crippen molar-refractivity contribution in [2.45, 2.75) is 6.54 Å².